The minimum atomic E-state index is -3.76. The quantitative estimate of drug-likeness (QED) is 0.648. The Hall–Kier alpha value is -1.19. The van der Waals surface area contributed by atoms with Crippen molar-refractivity contribution in [3.63, 3.8) is 0 Å². The average molecular weight is 333 g/mol. The van der Waals surface area contributed by atoms with Gasteiger partial charge in [-0.05, 0) is 31.1 Å². The second-order valence-corrected chi connectivity index (χ2v) is 8.83. The van der Waals surface area contributed by atoms with Crippen molar-refractivity contribution in [3.05, 3.63) is 16.2 Å². The summed E-state index contributed by atoms with van der Waals surface area (Å²) in [6.45, 7) is 4.20. The molecule has 0 radical (unpaired) electrons. The standard InChI is InChI=1S/C12H19N3O4S2/c1-7-3-8(2)5-9(4-7)14-21(18,19)11-6-10(15(16)17)12(13)20-11/h6-9,14H,3-5,13H2,1-2H3. The Balaban J connectivity index is 2.18. The highest BCUT2D eigenvalue weighted by atomic mass is 32.2. The van der Waals surface area contributed by atoms with E-state index >= 15 is 0 Å². The lowest BCUT2D eigenvalue weighted by atomic mass is 9.81. The van der Waals surface area contributed by atoms with Crippen molar-refractivity contribution < 1.29 is 13.3 Å². The molecule has 2 unspecified atom stereocenters. The first-order chi connectivity index (χ1) is 9.69. The van der Waals surface area contributed by atoms with E-state index in [1.54, 1.807) is 0 Å². The third-order valence-electron chi connectivity index (χ3n) is 3.68. The van der Waals surface area contributed by atoms with Crippen LogP contribution in [-0.4, -0.2) is 19.4 Å². The SMILES string of the molecule is CC1CC(C)CC(NS(=O)(=O)c2cc([N+](=O)[O-])c(N)s2)C1. The summed E-state index contributed by atoms with van der Waals surface area (Å²) < 4.78 is 27.2. The van der Waals surface area contributed by atoms with Crippen LogP contribution in [0.15, 0.2) is 10.3 Å². The molecule has 1 fully saturated rings. The molecule has 0 aromatic carbocycles. The lowest BCUT2D eigenvalue weighted by molar-refractivity contribution is -0.383. The van der Waals surface area contributed by atoms with E-state index in [0.29, 0.717) is 11.8 Å². The number of nitro groups is 1. The van der Waals surface area contributed by atoms with Crippen molar-refractivity contribution >= 4 is 32.0 Å². The second-order valence-electron chi connectivity index (χ2n) is 5.81. The third-order valence-corrected chi connectivity index (χ3v) is 6.63. The number of nitrogens with zero attached hydrogens (tertiary/aromatic N) is 1. The Morgan fingerprint density at radius 3 is 2.38 bits per heavy atom. The Kier molecular flexibility index (Phi) is 4.54. The number of nitrogen functional groups attached to an aromatic ring is 1. The minimum Gasteiger partial charge on any atom is -0.385 e. The van der Waals surface area contributed by atoms with E-state index in [2.05, 4.69) is 18.6 Å². The third kappa shape index (κ3) is 3.72. The van der Waals surface area contributed by atoms with Crippen molar-refractivity contribution in [1.29, 1.82) is 0 Å². The van der Waals surface area contributed by atoms with Crippen LogP contribution < -0.4 is 10.5 Å². The molecule has 1 aromatic rings. The highest BCUT2D eigenvalue weighted by Crippen LogP contribution is 2.35. The highest BCUT2D eigenvalue weighted by Gasteiger charge is 2.30. The van der Waals surface area contributed by atoms with Gasteiger partial charge in [0.2, 0.25) is 0 Å². The molecule has 1 aromatic heterocycles. The van der Waals surface area contributed by atoms with E-state index < -0.39 is 14.9 Å². The van der Waals surface area contributed by atoms with E-state index in [-0.39, 0.29) is 20.9 Å². The van der Waals surface area contributed by atoms with Crippen molar-refractivity contribution in [2.24, 2.45) is 11.8 Å². The molecule has 0 spiro atoms. The van der Waals surface area contributed by atoms with Gasteiger partial charge >= 0.3 is 5.69 Å². The maximum Gasteiger partial charge on any atom is 0.304 e. The first-order valence-corrected chi connectivity index (χ1v) is 9.05. The highest BCUT2D eigenvalue weighted by molar-refractivity contribution is 7.91. The van der Waals surface area contributed by atoms with E-state index in [0.717, 1.165) is 36.7 Å². The molecular formula is C12H19N3O4S2. The van der Waals surface area contributed by atoms with Crippen molar-refractivity contribution in [1.82, 2.24) is 4.72 Å². The van der Waals surface area contributed by atoms with Gasteiger partial charge < -0.3 is 5.73 Å². The molecule has 118 valence electrons. The van der Waals surface area contributed by atoms with Gasteiger partial charge in [0.15, 0.2) is 5.00 Å². The average Bonchev–Trinajstić information content (AvgIpc) is 2.70. The molecule has 1 heterocycles. The summed E-state index contributed by atoms with van der Waals surface area (Å²) in [6, 6.07) is 0.897. The molecular weight excluding hydrogens is 314 g/mol. The van der Waals surface area contributed by atoms with Gasteiger partial charge in [-0.15, -0.1) is 0 Å². The Labute approximate surface area is 127 Å². The largest absolute Gasteiger partial charge is 0.385 e. The van der Waals surface area contributed by atoms with E-state index in [1.807, 2.05) is 0 Å². The number of nitrogens with two attached hydrogens (primary N) is 1. The fraction of sp³-hybridized carbons (Fsp3) is 0.667. The number of hydrogen-bond acceptors (Lipinski definition) is 6. The van der Waals surface area contributed by atoms with Crippen LogP contribution in [0.4, 0.5) is 10.7 Å². The van der Waals surface area contributed by atoms with Crippen LogP contribution in [-0.2, 0) is 10.0 Å². The van der Waals surface area contributed by atoms with Crippen LogP contribution in [0.1, 0.15) is 33.1 Å². The molecule has 2 rings (SSSR count). The van der Waals surface area contributed by atoms with Gasteiger partial charge in [-0.3, -0.25) is 10.1 Å². The number of nitrogens with one attached hydrogen (secondary N) is 1. The van der Waals surface area contributed by atoms with Crippen LogP contribution in [0.3, 0.4) is 0 Å². The van der Waals surface area contributed by atoms with Crippen molar-refractivity contribution in [3.8, 4) is 0 Å². The van der Waals surface area contributed by atoms with Crippen LogP contribution in [0.25, 0.3) is 0 Å². The number of sulfonamides is 1. The molecule has 1 aliphatic rings. The van der Waals surface area contributed by atoms with Gasteiger partial charge in [-0.25, -0.2) is 13.1 Å². The van der Waals surface area contributed by atoms with Crippen LogP contribution >= 0.6 is 11.3 Å². The van der Waals surface area contributed by atoms with Gasteiger partial charge in [-0.1, -0.05) is 25.2 Å². The van der Waals surface area contributed by atoms with Gasteiger partial charge in [-0.2, -0.15) is 0 Å². The number of rotatable bonds is 4. The van der Waals surface area contributed by atoms with Crippen LogP contribution in [0.5, 0.6) is 0 Å². The Morgan fingerprint density at radius 2 is 1.90 bits per heavy atom. The Morgan fingerprint density at radius 1 is 1.33 bits per heavy atom. The van der Waals surface area contributed by atoms with Gasteiger partial charge in [0.05, 0.1) is 4.92 Å². The molecule has 21 heavy (non-hydrogen) atoms. The molecule has 0 aliphatic heterocycles. The smallest absolute Gasteiger partial charge is 0.304 e. The molecule has 1 aliphatic carbocycles. The normalized spacial score (nSPS) is 26.7. The Bertz CT molecular complexity index is 631. The topological polar surface area (TPSA) is 115 Å². The zero-order valence-electron chi connectivity index (χ0n) is 11.9. The molecule has 7 nitrogen and oxygen atoms in total. The molecule has 2 atom stereocenters. The predicted octanol–water partition coefficient (Wildman–Crippen LogP) is 2.34. The predicted molar refractivity (Wildman–Crippen MR) is 81.7 cm³/mol. The number of anilines is 1. The summed E-state index contributed by atoms with van der Waals surface area (Å²) in [4.78, 5) is 10.1. The minimum absolute atomic E-state index is 0.0919. The van der Waals surface area contributed by atoms with Crippen LogP contribution in [0.2, 0.25) is 0 Å². The summed E-state index contributed by atoms with van der Waals surface area (Å²) in [7, 11) is -3.76. The lowest BCUT2D eigenvalue weighted by Gasteiger charge is -2.31. The lowest BCUT2D eigenvalue weighted by Crippen LogP contribution is -2.39. The molecule has 3 N–H and O–H groups in total. The van der Waals surface area contributed by atoms with E-state index in [9.17, 15) is 18.5 Å². The maximum absolute atomic E-state index is 12.3. The monoisotopic (exact) mass is 333 g/mol. The number of thiophene rings is 1. The van der Waals surface area contributed by atoms with Gasteiger partial charge in [0, 0.05) is 12.1 Å². The summed E-state index contributed by atoms with van der Waals surface area (Å²) in [5, 5.41) is 10.7. The maximum atomic E-state index is 12.3. The molecule has 9 heteroatoms. The fourth-order valence-corrected chi connectivity index (χ4v) is 5.46. The zero-order valence-corrected chi connectivity index (χ0v) is 13.5. The molecule has 0 bridgehead atoms. The van der Waals surface area contributed by atoms with Gasteiger partial charge in [0.25, 0.3) is 10.0 Å². The summed E-state index contributed by atoms with van der Waals surface area (Å²) >= 11 is 0.725. The number of hydrogen-bond donors (Lipinski definition) is 2. The van der Waals surface area contributed by atoms with Crippen molar-refractivity contribution in [2.45, 2.75) is 43.4 Å². The van der Waals surface area contributed by atoms with Crippen LogP contribution in [0, 0.1) is 22.0 Å². The summed E-state index contributed by atoms with van der Waals surface area (Å²) in [5.74, 6) is 0.924. The summed E-state index contributed by atoms with van der Waals surface area (Å²) in [5.41, 5.74) is 5.15. The second kappa shape index (κ2) is 5.90. The zero-order chi connectivity index (χ0) is 15.8. The first-order valence-electron chi connectivity index (χ1n) is 6.75. The molecule has 0 saturated heterocycles. The fourth-order valence-electron chi connectivity index (χ4n) is 2.97. The van der Waals surface area contributed by atoms with E-state index in [1.165, 1.54) is 0 Å². The molecule has 1 saturated carbocycles. The van der Waals surface area contributed by atoms with E-state index in [4.69, 9.17) is 5.73 Å². The molecule has 0 amide bonds. The first kappa shape index (κ1) is 16.2. The summed E-state index contributed by atoms with van der Waals surface area (Å²) in [6.07, 6.45) is 2.66. The van der Waals surface area contributed by atoms with Crippen molar-refractivity contribution in [2.75, 3.05) is 5.73 Å². The van der Waals surface area contributed by atoms with Gasteiger partial charge in [0.1, 0.15) is 4.21 Å².